The van der Waals surface area contributed by atoms with Gasteiger partial charge in [-0.15, -0.1) is 0 Å². The third-order valence-corrected chi connectivity index (χ3v) is 5.98. The molecule has 1 saturated heterocycles. The zero-order chi connectivity index (χ0) is 19.5. The highest BCUT2D eigenvalue weighted by molar-refractivity contribution is 7.88. The summed E-state index contributed by atoms with van der Waals surface area (Å²) in [5, 5.41) is 2.79. The summed E-state index contributed by atoms with van der Waals surface area (Å²) in [6, 6.07) is 6.55. The van der Waals surface area contributed by atoms with Crippen LogP contribution < -0.4 is 5.32 Å². The lowest BCUT2D eigenvalue weighted by Gasteiger charge is -2.22. The summed E-state index contributed by atoms with van der Waals surface area (Å²) in [6.45, 7) is 4.58. The van der Waals surface area contributed by atoms with Gasteiger partial charge in [-0.2, -0.15) is 4.31 Å². The molecule has 7 nitrogen and oxygen atoms in total. The SMILES string of the molecule is CC(C)N(C)C(=O)c1ccc(CNC(=O)C2CCCN2S(C)(=O)=O)cc1. The van der Waals surface area contributed by atoms with Crippen LogP contribution in [0.5, 0.6) is 0 Å². The maximum absolute atomic E-state index is 12.3. The minimum absolute atomic E-state index is 0.0506. The lowest BCUT2D eigenvalue weighted by Crippen LogP contribution is -2.45. The number of rotatable bonds is 6. The van der Waals surface area contributed by atoms with Gasteiger partial charge in [-0.1, -0.05) is 12.1 Å². The first kappa shape index (κ1) is 20.4. The fourth-order valence-electron chi connectivity index (χ4n) is 2.91. The molecule has 0 spiro atoms. The van der Waals surface area contributed by atoms with E-state index in [2.05, 4.69) is 5.32 Å². The Kier molecular flexibility index (Phi) is 6.41. The molecular formula is C18H27N3O4S. The number of hydrogen-bond acceptors (Lipinski definition) is 4. The molecule has 8 heteroatoms. The Labute approximate surface area is 155 Å². The second kappa shape index (κ2) is 8.18. The molecule has 0 radical (unpaired) electrons. The topological polar surface area (TPSA) is 86.8 Å². The van der Waals surface area contributed by atoms with E-state index in [0.717, 1.165) is 11.8 Å². The number of carbonyl (C=O) groups is 2. The number of hydrogen-bond donors (Lipinski definition) is 1. The normalized spacial score (nSPS) is 18.1. The molecule has 1 aliphatic heterocycles. The molecule has 1 heterocycles. The number of carbonyl (C=O) groups excluding carboxylic acids is 2. The molecule has 1 aliphatic rings. The van der Waals surface area contributed by atoms with Gasteiger partial charge in [-0.25, -0.2) is 8.42 Å². The van der Waals surface area contributed by atoms with Crippen LogP contribution in [0.1, 0.15) is 42.6 Å². The standard InChI is InChI=1S/C18H27N3O4S/c1-13(2)20(3)18(23)15-9-7-14(8-10-15)12-19-17(22)16-6-5-11-21(16)26(4,24)25/h7-10,13,16H,5-6,11-12H2,1-4H3,(H,19,22). The molecule has 1 aromatic rings. The second-order valence-electron chi connectivity index (χ2n) is 6.96. The molecule has 2 rings (SSSR count). The highest BCUT2D eigenvalue weighted by Gasteiger charge is 2.36. The largest absolute Gasteiger partial charge is 0.351 e. The average Bonchev–Trinajstić information content (AvgIpc) is 3.09. The number of sulfonamides is 1. The summed E-state index contributed by atoms with van der Waals surface area (Å²) in [5.41, 5.74) is 1.45. The molecule has 2 amide bonds. The molecule has 1 aromatic carbocycles. The molecule has 144 valence electrons. The van der Waals surface area contributed by atoms with Crippen molar-refractivity contribution in [3.63, 3.8) is 0 Å². The molecular weight excluding hydrogens is 354 g/mol. The van der Waals surface area contributed by atoms with Gasteiger partial charge in [0, 0.05) is 31.7 Å². The van der Waals surface area contributed by atoms with Crippen LogP contribution in [0.2, 0.25) is 0 Å². The lowest BCUT2D eigenvalue weighted by molar-refractivity contribution is -0.124. The predicted molar refractivity (Wildman–Crippen MR) is 100 cm³/mol. The molecule has 1 N–H and O–H groups in total. The van der Waals surface area contributed by atoms with Gasteiger partial charge >= 0.3 is 0 Å². The first-order valence-corrected chi connectivity index (χ1v) is 10.6. The van der Waals surface area contributed by atoms with Crippen LogP contribution in [0.15, 0.2) is 24.3 Å². The Morgan fingerprint density at radius 2 is 1.88 bits per heavy atom. The predicted octanol–water partition coefficient (Wildman–Crippen LogP) is 1.21. The van der Waals surface area contributed by atoms with Crippen LogP contribution in [0, 0.1) is 0 Å². The highest BCUT2D eigenvalue weighted by Crippen LogP contribution is 2.20. The van der Waals surface area contributed by atoms with Crippen LogP contribution in [0.3, 0.4) is 0 Å². The third kappa shape index (κ3) is 4.82. The van der Waals surface area contributed by atoms with Crippen LogP contribution >= 0.6 is 0 Å². The van der Waals surface area contributed by atoms with Crippen molar-refractivity contribution in [2.24, 2.45) is 0 Å². The molecule has 1 fully saturated rings. The van der Waals surface area contributed by atoms with Crippen molar-refractivity contribution in [2.45, 2.75) is 45.3 Å². The molecule has 1 unspecified atom stereocenters. The number of nitrogens with zero attached hydrogens (tertiary/aromatic N) is 2. The third-order valence-electron chi connectivity index (χ3n) is 4.69. The molecule has 0 aromatic heterocycles. The van der Waals surface area contributed by atoms with E-state index >= 15 is 0 Å². The van der Waals surface area contributed by atoms with Gasteiger partial charge in [0.15, 0.2) is 0 Å². The van der Waals surface area contributed by atoms with Gasteiger partial charge in [0.2, 0.25) is 15.9 Å². The Morgan fingerprint density at radius 3 is 2.42 bits per heavy atom. The zero-order valence-electron chi connectivity index (χ0n) is 15.7. The highest BCUT2D eigenvalue weighted by atomic mass is 32.2. The lowest BCUT2D eigenvalue weighted by atomic mass is 10.1. The molecule has 0 bridgehead atoms. The van der Waals surface area contributed by atoms with E-state index in [-0.39, 0.29) is 17.9 Å². The van der Waals surface area contributed by atoms with E-state index in [9.17, 15) is 18.0 Å². The van der Waals surface area contributed by atoms with Crippen molar-refractivity contribution in [1.82, 2.24) is 14.5 Å². The fraction of sp³-hybridized carbons (Fsp3) is 0.556. The Bertz CT molecular complexity index is 759. The monoisotopic (exact) mass is 381 g/mol. The molecule has 1 atom stereocenters. The van der Waals surface area contributed by atoms with E-state index in [0.29, 0.717) is 31.5 Å². The van der Waals surface area contributed by atoms with Crippen LogP contribution in [0.25, 0.3) is 0 Å². The van der Waals surface area contributed by atoms with Crippen molar-refractivity contribution in [1.29, 1.82) is 0 Å². The Morgan fingerprint density at radius 1 is 1.27 bits per heavy atom. The van der Waals surface area contributed by atoms with E-state index in [4.69, 9.17) is 0 Å². The maximum atomic E-state index is 12.3. The summed E-state index contributed by atoms with van der Waals surface area (Å²) in [6.07, 6.45) is 2.35. The summed E-state index contributed by atoms with van der Waals surface area (Å²) >= 11 is 0. The van der Waals surface area contributed by atoms with Crippen molar-refractivity contribution in [3.05, 3.63) is 35.4 Å². The number of nitrogens with one attached hydrogen (secondary N) is 1. The summed E-state index contributed by atoms with van der Waals surface area (Å²) in [4.78, 5) is 26.3. The van der Waals surface area contributed by atoms with Crippen molar-refractivity contribution >= 4 is 21.8 Å². The van der Waals surface area contributed by atoms with Gasteiger partial charge in [0.1, 0.15) is 6.04 Å². The maximum Gasteiger partial charge on any atom is 0.253 e. The molecule has 26 heavy (non-hydrogen) atoms. The van der Waals surface area contributed by atoms with Gasteiger partial charge in [-0.05, 0) is 44.4 Å². The van der Waals surface area contributed by atoms with E-state index < -0.39 is 16.1 Å². The van der Waals surface area contributed by atoms with Gasteiger partial charge in [0.25, 0.3) is 5.91 Å². The van der Waals surface area contributed by atoms with Gasteiger partial charge < -0.3 is 10.2 Å². The second-order valence-corrected chi connectivity index (χ2v) is 8.89. The Balaban J connectivity index is 1.96. The first-order valence-electron chi connectivity index (χ1n) is 8.72. The van der Waals surface area contributed by atoms with E-state index in [1.807, 2.05) is 13.8 Å². The fourth-order valence-corrected chi connectivity index (χ4v) is 4.03. The minimum atomic E-state index is -3.38. The van der Waals surface area contributed by atoms with Crippen molar-refractivity contribution < 1.29 is 18.0 Å². The quantitative estimate of drug-likeness (QED) is 0.802. The summed E-state index contributed by atoms with van der Waals surface area (Å²) in [7, 11) is -1.62. The molecule has 0 saturated carbocycles. The average molecular weight is 381 g/mol. The number of amides is 2. The first-order chi connectivity index (χ1) is 12.1. The van der Waals surface area contributed by atoms with Crippen LogP contribution in [-0.2, 0) is 21.4 Å². The summed E-state index contributed by atoms with van der Waals surface area (Å²) < 4.78 is 24.7. The van der Waals surface area contributed by atoms with E-state index in [1.54, 1.807) is 36.2 Å². The van der Waals surface area contributed by atoms with Gasteiger partial charge in [0.05, 0.1) is 6.26 Å². The number of benzene rings is 1. The van der Waals surface area contributed by atoms with Crippen molar-refractivity contribution in [3.8, 4) is 0 Å². The minimum Gasteiger partial charge on any atom is -0.351 e. The Hall–Kier alpha value is -1.93. The van der Waals surface area contributed by atoms with Crippen molar-refractivity contribution in [2.75, 3.05) is 19.8 Å². The van der Waals surface area contributed by atoms with E-state index in [1.165, 1.54) is 4.31 Å². The smallest absolute Gasteiger partial charge is 0.253 e. The van der Waals surface area contributed by atoms with Crippen LogP contribution in [0.4, 0.5) is 0 Å². The summed E-state index contributed by atoms with van der Waals surface area (Å²) in [5.74, 6) is -0.335. The molecule has 0 aliphatic carbocycles. The van der Waals surface area contributed by atoms with Crippen LogP contribution in [-0.4, -0.2) is 61.4 Å². The zero-order valence-corrected chi connectivity index (χ0v) is 16.5. The van der Waals surface area contributed by atoms with Gasteiger partial charge in [-0.3, -0.25) is 9.59 Å².